The highest BCUT2D eigenvalue weighted by molar-refractivity contribution is 9.10. The van der Waals surface area contributed by atoms with E-state index in [1.54, 1.807) is 18.7 Å². The van der Waals surface area contributed by atoms with Crippen molar-refractivity contribution in [3.8, 4) is 0 Å². The Bertz CT molecular complexity index is 497. The van der Waals surface area contributed by atoms with Gasteiger partial charge in [-0.2, -0.15) is 0 Å². The van der Waals surface area contributed by atoms with Crippen LogP contribution < -0.4 is 0 Å². The number of hydrogen-bond acceptors (Lipinski definition) is 2. The van der Waals surface area contributed by atoms with Gasteiger partial charge < -0.3 is 5.11 Å². The van der Waals surface area contributed by atoms with Crippen molar-refractivity contribution < 1.29 is 5.11 Å². The Morgan fingerprint density at radius 2 is 1.76 bits per heavy atom. The quantitative estimate of drug-likeness (QED) is 0.890. The molecule has 0 heterocycles. The van der Waals surface area contributed by atoms with Crippen molar-refractivity contribution in [2.45, 2.75) is 22.8 Å². The highest BCUT2D eigenvalue weighted by Crippen LogP contribution is 2.32. The fourth-order valence-corrected chi connectivity index (χ4v) is 3.27. The van der Waals surface area contributed by atoms with Gasteiger partial charge in [0, 0.05) is 14.3 Å². The predicted molar refractivity (Wildman–Crippen MR) is 75.3 cm³/mol. The predicted octanol–water partition coefficient (Wildman–Crippen LogP) is 4.65. The second-order valence-electron chi connectivity index (χ2n) is 3.77. The van der Waals surface area contributed by atoms with E-state index in [1.165, 1.54) is 4.90 Å². The normalized spacial score (nSPS) is 12.4. The molecule has 2 rings (SSSR count). The maximum Gasteiger partial charge on any atom is 0.0772 e. The van der Waals surface area contributed by atoms with Gasteiger partial charge >= 0.3 is 0 Å². The Kier molecular flexibility index (Phi) is 4.26. The molecule has 1 unspecified atom stereocenters. The van der Waals surface area contributed by atoms with Crippen molar-refractivity contribution in [3.63, 3.8) is 0 Å². The van der Waals surface area contributed by atoms with Crippen LogP contribution in [0.25, 0.3) is 0 Å². The maximum absolute atomic E-state index is 9.55. The average molecular weight is 309 g/mol. The van der Waals surface area contributed by atoms with E-state index in [-0.39, 0.29) is 0 Å². The first kappa shape index (κ1) is 12.7. The summed E-state index contributed by atoms with van der Waals surface area (Å²) >= 11 is 5.20. The average Bonchev–Trinajstić information content (AvgIpc) is 2.30. The molecule has 2 aromatic carbocycles. The van der Waals surface area contributed by atoms with E-state index in [2.05, 4.69) is 28.1 Å². The van der Waals surface area contributed by atoms with E-state index in [1.807, 2.05) is 36.4 Å². The Morgan fingerprint density at radius 1 is 1.06 bits per heavy atom. The summed E-state index contributed by atoms with van der Waals surface area (Å²) in [5.41, 5.74) is 0.919. The highest BCUT2D eigenvalue weighted by Gasteiger charge is 2.07. The fourth-order valence-electron chi connectivity index (χ4n) is 1.53. The first-order valence-corrected chi connectivity index (χ1v) is 6.98. The van der Waals surface area contributed by atoms with Crippen molar-refractivity contribution in [3.05, 3.63) is 58.6 Å². The number of halogens is 1. The second-order valence-corrected chi connectivity index (χ2v) is 5.78. The zero-order chi connectivity index (χ0) is 12.3. The minimum Gasteiger partial charge on any atom is -0.389 e. The Balaban J connectivity index is 2.21. The Morgan fingerprint density at radius 3 is 2.35 bits per heavy atom. The highest BCUT2D eigenvalue weighted by atomic mass is 79.9. The molecule has 0 saturated carbocycles. The van der Waals surface area contributed by atoms with Gasteiger partial charge in [-0.15, -0.1) is 0 Å². The van der Waals surface area contributed by atoms with Crippen LogP contribution in [0.1, 0.15) is 18.6 Å². The van der Waals surface area contributed by atoms with Crippen molar-refractivity contribution in [1.82, 2.24) is 0 Å². The number of aliphatic hydroxyl groups excluding tert-OH is 1. The molecule has 2 aromatic rings. The van der Waals surface area contributed by atoms with Crippen LogP contribution in [0.15, 0.2) is 62.8 Å². The molecule has 0 spiro atoms. The number of hydrogen-bond donors (Lipinski definition) is 1. The summed E-state index contributed by atoms with van der Waals surface area (Å²) in [7, 11) is 0. The van der Waals surface area contributed by atoms with Crippen molar-refractivity contribution in [1.29, 1.82) is 0 Å². The molecule has 0 fully saturated rings. The molecular weight excluding hydrogens is 296 g/mol. The van der Waals surface area contributed by atoms with Gasteiger partial charge in [0.2, 0.25) is 0 Å². The summed E-state index contributed by atoms with van der Waals surface area (Å²) in [5, 5.41) is 9.55. The summed E-state index contributed by atoms with van der Waals surface area (Å²) in [6, 6.07) is 16.3. The summed E-state index contributed by atoms with van der Waals surface area (Å²) in [6.45, 7) is 1.77. The number of aliphatic hydroxyl groups is 1. The van der Waals surface area contributed by atoms with Crippen molar-refractivity contribution in [2.24, 2.45) is 0 Å². The molecule has 0 aliphatic rings. The van der Waals surface area contributed by atoms with Crippen LogP contribution in [-0.2, 0) is 0 Å². The zero-order valence-corrected chi connectivity index (χ0v) is 11.8. The summed E-state index contributed by atoms with van der Waals surface area (Å²) in [5.74, 6) is 0. The molecule has 3 heteroatoms. The van der Waals surface area contributed by atoms with E-state index >= 15 is 0 Å². The lowest BCUT2D eigenvalue weighted by Crippen LogP contribution is -1.92. The lowest BCUT2D eigenvalue weighted by Gasteiger charge is -2.09. The molecule has 0 amide bonds. The molecule has 0 bridgehead atoms. The van der Waals surface area contributed by atoms with Gasteiger partial charge in [0.25, 0.3) is 0 Å². The molecular formula is C14H13BrOS. The molecule has 17 heavy (non-hydrogen) atoms. The smallest absolute Gasteiger partial charge is 0.0772 e. The Labute approximate surface area is 114 Å². The summed E-state index contributed by atoms with van der Waals surface area (Å²) in [6.07, 6.45) is -0.444. The van der Waals surface area contributed by atoms with Crippen LogP contribution in [0.4, 0.5) is 0 Å². The maximum atomic E-state index is 9.55. The van der Waals surface area contributed by atoms with E-state index in [4.69, 9.17) is 0 Å². The largest absolute Gasteiger partial charge is 0.389 e. The van der Waals surface area contributed by atoms with Gasteiger partial charge in [0.1, 0.15) is 0 Å². The van der Waals surface area contributed by atoms with Gasteiger partial charge in [0.05, 0.1) is 6.10 Å². The van der Waals surface area contributed by atoms with E-state index in [0.717, 1.165) is 14.9 Å². The van der Waals surface area contributed by atoms with Crippen molar-refractivity contribution in [2.75, 3.05) is 0 Å². The molecule has 1 N–H and O–H groups in total. The molecule has 0 radical (unpaired) electrons. The third-order valence-corrected chi connectivity index (χ3v) is 4.09. The first-order valence-electron chi connectivity index (χ1n) is 5.37. The van der Waals surface area contributed by atoms with Crippen LogP contribution in [0.3, 0.4) is 0 Å². The monoisotopic (exact) mass is 308 g/mol. The van der Waals surface area contributed by atoms with Crippen molar-refractivity contribution >= 4 is 27.7 Å². The molecule has 0 aliphatic carbocycles. The zero-order valence-electron chi connectivity index (χ0n) is 9.43. The van der Waals surface area contributed by atoms with E-state index in [9.17, 15) is 5.11 Å². The number of rotatable bonds is 3. The molecule has 88 valence electrons. The van der Waals surface area contributed by atoms with Gasteiger partial charge in [-0.3, -0.25) is 0 Å². The van der Waals surface area contributed by atoms with Crippen LogP contribution in [0.2, 0.25) is 0 Å². The Hall–Kier alpha value is -0.770. The van der Waals surface area contributed by atoms with E-state index in [0.29, 0.717) is 0 Å². The standard InChI is InChI=1S/C14H13BrOS/c1-10(16)13-8-7-12(9-14(13)15)17-11-5-3-2-4-6-11/h2-10,16H,1H3. The topological polar surface area (TPSA) is 20.2 Å². The van der Waals surface area contributed by atoms with Crippen LogP contribution in [0.5, 0.6) is 0 Å². The van der Waals surface area contributed by atoms with Gasteiger partial charge in [-0.1, -0.05) is 52.0 Å². The van der Waals surface area contributed by atoms with Crippen LogP contribution in [0, 0.1) is 0 Å². The minimum atomic E-state index is -0.444. The molecule has 1 nitrogen and oxygen atoms in total. The lowest BCUT2D eigenvalue weighted by molar-refractivity contribution is 0.198. The number of benzene rings is 2. The van der Waals surface area contributed by atoms with Gasteiger partial charge in [0.15, 0.2) is 0 Å². The lowest BCUT2D eigenvalue weighted by atomic mass is 10.1. The third-order valence-electron chi connectivity index (χ3n) is 2.40. The second kappa shape index (κ2) is 5.71. The molecule has 0 saturated heterocycles. The molecule has 1 atom stereocenters. The van der Waals surface area contributed by atoms with Crippen LogP contribution >= 0.6 is 27.7 Å². The fraction of sp³-hybridized carbons (Fsp3) is 0.143. The van der Waals surface area contributed by atoms with E-state index < -0.39 is 6.10 Å². The third kappa shape index (κ3) is 3.35. The van der Waals surface area contributed by atoms with Gasteiger partial charge in [-0.05, 0) is 36.8 Å². The molecule has 0 aromatic heterocycles. The SMILES string of the molecule is CC(O)c1ccc(Sc2ccccc2)cc1Br. The first-order chi connectivity index (χ1) is 8.16. The summed E-state index contributed by atoms with van der Waals surface area (Å²) in [4.78, 5) is 2.37. The van der Waals surface area contributed by atoms with Crippen LogP contribution in [-0.4, -0.2) is 5.11 Å². The molecule has 0 aliphatic heterocycles. The minimum absolute atomic E-state index is 0.444. The summed E-state index contributed by atoms with van der Waals surface area (Å²) < 4.78 is 0.952. The van der Waals surface area contributed by atoms with Gasteiger partial charge in [-0.25, -0.2) is 0 Å².